The predicted octanol–water partition coefficient (Wildman–Crippen LogP) is 8.07. The lowest BCUT2D eigenvalue weighted by atomic mass is 10.1. The van der Waals surface area contributed by atoms with E-state index in [1.165, 1.54) is 89.9 Å². The Kier molecular flexibility index (Phi) is 23.2. The van der Waals surface area contributed by atoms with Gasteiger partial charge in [0.1, 0.15) is 13.1 Å². The molecule has 0 aliphatic heterocycles. The van der Waals surface area contributed by atoms with Crippen LogP contribution in [0.5, 0.6) is 0 Å². The zero-order valence-corrected chi connectivity index (χ0v) is 26.9. The number of thioether (sulfide) groups is 1. The molecule has 0 spiro atoms. The van der Waals surface area contributed by atoms with Crippen LogP contribution in [0.1, 0.15) is 129 Å². The van der Waals surface area contributed by atoms with Gasteiger partial charge in [-0.3, -0.25) is 9.59 Å². The van der Waals surface area contributed by atoms with Gasteiger partial charge in [0.05, 0.1) is 41.3 Å². The van der Waals surface area contributed by atoms with Gasteiger partial charge in [0.15, 0.2) is 11.6 Å². The minimum atomic E-state index is 0.425. The highest BCUT2D eigenvalue weighted by molar-refractivity contribution is 7.99. The van der Waals surface area contributed by atoms with Crippen LogP contribution in [0.25, 0.3) is 0 Å². The molecule has 37 heavy (non-hydrogen) atoms. The zero-order chi connectivity index (χ0) is 27.8. The van der Waals surface area contributed by atoms with Crippen molar-refractivity contribution in [2.75, 3.05) is 65.9 Å². The molecule has 0 N–H and O–H groups in total. The number of hydrogen-bond acceptors (Lipinski definition) is 3. The Balaban J connectivity index is 3.83. The predicted molar refractivity (Wildman–Crippen MR) is 165 cm³/mol. The lowest BCUT2D eigenvalue weighted by molar-refractivity contribution is -0.880. The fraction of sp³-hybridized carbons (Fsp3) is 0.938. The average molecular weight is 543 g/mol. The molecule has 0 aromatic heterocycles. The van der Waals surface area contributed by atoms with Crippen molar-refractivity contribution in [1.82, 2.24) is 0 Å². The highest BCUT2D eigenvalue weighted by Gasteiger charge is 2.21. The van der Waals surface area contributed by atoms with Gasteiger partial charge in [0.25, 0.3) is 0 Å². The lowest BCUT2D eigenvalue weighted by Gasteiger charge is -2.30. The zero-order valence-electron chi connectivity index (χ0n) is 26.1. The van der Waals surface area contributed by atoms with Crippen LogP contribution in [-0.4, -0.2) is 86.4 Å². The fourth-order valence-electron chi connectivity index (χ4n) is 4.91. The summed E-state index contributed by atoms with van der Waals surface area (Å²) in [5.74, 6) is 3.00. The number of unbranched alkanes of at least 4 members (excludes halogenated alkanes) is 14. The van der Waals surface area contributed by atoms with Gasteiger partial charge in [0.2, 0.25) is 0 Å². The first-order valence-corrected chi connectivity index (χ1v) is 17.0. The molecule has 0 aromatic carbocycles. The number of carbonyl (C=O) groups excluding carboxylic acids is 2. The highest BCUT2D eigenvalue weighted by Crippen LogP contribution is 2.13. The second-order valence-electron chi connectivity index (χ2n) is 12.8. The van der Waals surface area contributed by atoms with Crippen LogP contribution < -0.4 is 0 Å². The number of ketones is 2. The third-order valence-electron chi connectivity index (χ3n) is 7.51. The third kappa shape index (κ3) is 25.6. The van der Waals surface area contributed by atoms with Gasteiger partial charge >= 0.3 is 0 Å². The second-order valence-corrected chi connectivity index (χ2v) is 14.0. The van der Waals surface area contributed by atoms with Crippen molar-refractivity contribution in [2.45, 2.75) is 129 Å². The van der Waals surface area contributed by atoms with Crippen LogP contribution in [-0.2, 0) is 9.59 Å². The van der Waals surface area contributed by atoms with E-state index >= 15 is 0 Å². The molecule has 0 saturated heterocycles. The van der Waals surface area contributed by atoms with Crippen molar-refractivity contribution in [1.29, 1.82) is 0 Å². The van der Waals surface area contributed by atoms with Crippen molar-refractivity contribution >= 4 is 23.3 Å². The Morgan fingerprint density at radius 1 is 0.486 bits per heavy atom. The minimum Gasteiger partial charge on any atom is -0.322 e. The van der Waals surface area contributed by atoms with Crippen LogP contribution in [0, 0.1) is 0 Å². The first-order chi connectivity index (χ1) is 17.6. The van der Waals surface area contributed by atoms with E-state index in [0.717, 1.165) is 59.2 Å². The number of rotatable bonds is 28. The number of quaternary nitrogens is 2. The summed E-state index contributed by atoms with van der Waals surface area (Å²) in [6.45, 7) is 7.89. The molecule has 0 unspecified atom stereocenters. The van der Waals surface area contributed by atoms with Gasteiger partial charge in [-0.25, -0.2) is 0 Å². The Bertz CT molecular complexity index is 515. The maximum Gasteiger partial charge on any atom is 0.186 e. The molecule has 0 rings (SSSR count). The molecule has 0 atom stereocenters. The summed E-state index contributed by atoms with van der Waals surface area (Å²) in [6.07, 6.45) is 22.0. The molecule has 0 saturated carbocycles. The topological polar surface area (TPSA) is 34.1 Å². The van der Waals surface area contributed by atoms with E-state index in [2.05, 4.69) is 42.0 Å². The molecule has 5 heteroatoms. The van der Waals surface area contributed by atoms with E-state index in [0.29, 0.717) is 24.7 Å². The van der Waals surface area contributed by atoms with Gasteiger partial charge in [0, 0.05) is 24.3 Å². The molecule has 4 nitrogen and oxygen atoms in total. The summed E-state index contributed by atoms with van der Waals surface area (Å²) in [4.78, 5) is 24.9. The SMILES string of the molecule is CCCCCCCCCCC(=O)C[N+](C)(C)CCSCC[N+](C)(C)CC(=O)CCCCCCCCCC. The van der Waals surface area contributed by atoms with Crippen molar-refractivity contribution in [3.05, 3.63) is 0 Å². The van der Waals surface area contributed by atoms with Crippen molar-refractivity contribution in [2.24, 2.45) is 0 Å². The molecule has 0 bridgehead atoms. The minimum absolute atomic E-state index is 0.425. The quantitative estimate of drug-likeness (QED) is 0.0740. The van der Waals surface area contributed by atoms with Gasteiger partial charge < -0.3 is 8.97 Å². The molecule has 0 radical (unpaired) electrons. The number of likely N-dealkylation sites (N-methyl/N-ethyl adjacent to an activating group) is 2. The molecular formula is C32H66N2O2S+2. The summed E-state index contributed by atoms with van der Waals surface area (Å²) < 4.78 is 1.58. The van der Waals surface area contributed by atoms with Crippen LogP contribution in [0.3, 0.4) is 0 Å². The monoisotopic (exact) mass is 542 g/mol. The van der Waals surface area contributed by atoms with Crippen LogP contribution in [0.2, 0.25) is 0 Å². The van der Waals surface area contributed by atoms with E-state index in [1.54, 1.807) is 0 Å². The Morgan fingerprint density at radius 3 is 1.11 bits per heavy atom. The number of nitrogens with zero attached hydrogens (tertiary/aromatic N) is 2. The Labute approximate surface area is 236 Å². The van der Waals surface area contributed by atoms with E-state index in [9.17, 15) is 9.59 Å². The van der Waals surface area contributed by atoms with E-state index in [4.69, 9.17) is 0 Å². The first-order valence-electron chi connectivity index (χ1n) is 15.9. The molecular weight excluding hydrogens is 476 g/mol. The maximum atomic E-state index is 12.5. The summed E-state index contributed by atoms with van der Waals surface area (Å²) in [7, 11) is 8.76. The van der Waals surface area contributed by atoms with Gasteiger partial charge in [-0.05, 0) is 12.8 Å². The van der Waals surface area contributed by atoms with Crippen molar-refractivity contribution in [3.8, 4) is 0 Å². The van der Waals surface area contributed by atoms with Crippen LogP contribution in [0.4, 0.5) is 0 Å². The summed E-state index contributed by atoms with van der Waals surface area (Å²) in [5.41, 5.74) is 0. The van der Waals surface area contributed by atoms with E-state index in [-0.39, 0.29) is 0 Å². The number of hydrogen-bond donors (Lipinski definition) is 0. The smallest absolute Gasteiger partial charge is 0.186 e. The molecule has 0 aliphatic carbocycles. The normalized spacial score (nSPS) is 12.3. The van der Waals surface area contributed by atoms with Crippen molar-refractivity contribution in [3.63, 3.8) is 0 Å². The molecule has 0 heterocycles. The first kappa shape index (κ1) is 36.6. The van der Waals surface area contributed by atoms with Gasteiger partial charge in [-0.1, -0.05) is 104 Å². The largest absolute Gasteiger partial charge is 0.322 e. The molecule has 0 fully saturated rings. The fourth-order valence-corrected chi connectivity index (χ4v) is 6.36. The summed E-state index contributed by atoms with van der Waals surface area (Å²) in [5, 5.41) is 0. The van der Waals surface area contributed by atoms with Crippen molar-refractivity contribution < 1.29 is 18.6 Å². The molecule has 220 valence electrons. The third-order valence-corrected chi connectivity index (χ3v) is 8.45. The summed E-state index contributed by atoms with van der Waals surface area (Å²) in [6, 6.07) is 0. The number of carbonyl (C=O) groups is 2. The van der Waals surface area contributed by atoms with E-state index in [1.807, 2.05) is 11.8 Å². The van der Waals surface area contributed by atoms with Crippen LogP contribution >= 0.6 is 11.8 Å². The molecule has 0 aliphatic rings. The lowest BCUT2D eigenvalue weighted by Crippen LogP contribution is -2.46. The van der Waals surface area contributed by atoms with Gasteiger partial charge in [-0.15, -0.1) is 0 Å². The standard InChI is InChI=1S/C32H66N2O2S/c1-7-9-11-13-15-17-19-21-23-31(35)29-33(3,4)25-27-37-28-26-34(5,6)30-32(36)24-22-20-18-16-14-12-10-8-2/h7-30H2,1-6H3/q+2. The highest BCUT2D eigenvalue weighted by atomic mass is 32.2. The summed E-state index contributed by atoms with van der Waals surface area (Å²) >= 11 is 1.97. The molecule has 0 amide bonds. The average Bonchev–Trinajstić information content (AvgIpc) is 2.81. The Morgan fingerprint density at radius 2 is 0.784 bits per heavy atom. The van der Waals surface area contributed by atoms with E-state index < -0.39 is 0 Å². The molecule has 0 aromatic rings. The van der Waals surface area contributed by atoms with Gasteiger partial charge in [-0.2, -0.15) is 11.8 Å². The van der Waals surface area contributed by atoms with Crippen LogP contribution in [0.15, 0.2) is 0 Å². The Hall–Kier alpha value is -0.390. The second kappa shape index (κ2) is 23.5. The maximum absolute atomic E-state index is 12.5. The number of Topliss-reactive ketones (excluding diaryl/α,β-unsaturated/α-hetero) is 2.